The predicted molar refractivity (Wildman–Crippen MR) is 75.7 cm³/mol. The van der Waals surface area contributed by atoms with Gasteiger partial charge in [0.05, 0.1) is 5.92 Å². The van der Waals surface area contributed by atoms with Gasteiger partial charge in [0.1, 0.15) is 0 Å². The number of thiophene rings is 1. The second-order valence-corrected chi connectivity index (χ2v) is 6.11. The molecule has 1 aliphatic rings. The van der Waals surface area contributed by atoms with Crippen molar-refractivity contribution in [3.8, 4) is 0 Å². The molecule has 3 nitrogen and oxygen atoms in total. The first-order chi connectivity index (χ1) is 8.72. The summed E-state index contributed by atoms with van der Waals surface area (Å²) in [5.74, 6) is 0.548. The summed E-state index contributed by atoms with van der Waals surface area (Å²) in [5, 5.41) is 5.21. The maximum Gasteiger partial charge on any atom is 0.228 e. The number of hydrogen-bond acceptors (Lipinski definition) is 3. The molecule has 3 unspecified atom stereocenters. The smallest absolute Gasteiger partial charge is 0.228 e. The summed E-state index contributed by atoms with van der Waals surface area (Å²) in [7, 11) is 0. The van der Waals surface area contributed by atoms with Crippen LogP contribution >= 0.6 is 11.3 Å². The van der Waals surface area contributed by atoms with Crippen molar-refractivity contribution in [1.82, 2.24) is 5.32 Å². The van der Waals surface area contributed by atoms with E-state index in [-0.39, 0.29) is 17.9 Å². The lowest BCUT2D eigenvalue weighted by Crippen LogP contribution is -2.45. The molecule has 1 amide bonds. The molecule has 2 rings (SSSR count). The topological polar surface area (TPSA) is 55.1 Å². The molecule has 0 aliphatic heterocycles. The number of amides is 1. The van der Waals surface area contributed by atoms with Crippen molar-refractivity contribution in [3.05, 3.63) is 22.4 Å². The molecule has 0 bridgehead atoms. The van der Waals surface area contributed by atoms with Gasteiger partial charge < -0.3 is 11.1 Å². The van der Waals surface area contributed by atoms with Gasteiger partial charge in [0.15, 0.2) is 0 Å². The third-order valence-corrected chi connectivity index (χ3v) is 4.96. The van der Waals surface area contributed by atoms with Gasteiger partial charge in [-0.3, -0.25) is 4.79 Å². The van der Waals surface area contributed by atoms with E-state index in [4.69, 9.17) is 5.73 Å². The van der Waals surface area contributed by atoms with E-state index >= 15 is 0 Å². The second kappa shape index (κ2) is 6.34. The van der Waals surface area contributed by atoms with E-state index in [1.807, 2.05) is 24.4 Å². The van der Waals surface area contributed by atoms with Crippen LogP contribution in [0.5, 0.6) is 0 Å². The fourth-order valence-electron chi connectivity index (χ4n) is 2.65. The number of carbonyl (C=O) groups is 1. The largest absolute Gasteiger partial charge is 0.352 e. The maximum atomic E-state index is 12.2. The molecule has 1 aromatic rings. The number of nitrogens with one attached hydrogen (secondary N) is 1. The van der Waals surface area contributed by atoms with Crippen LogP contribution in [0.2, 0.25) is 0 Å². The molecule has 18 heavy (non-hydrogen) atoms. The Kier molecular flexibility index (Phi) is 4.78. The molecule has 3 atom stereocenters. The van der Waals surface area contributed by atoms with Gasteiger partial charge in [-0.2, -0.15) is 0 Å². The van der Waals surface area contributed by atoms with Crippen molar-refractivity contribution >= 4 is 17.2 Å². The minimum absolute atomic E-state index is 0.0506. The van der Waals surface area contributed by atoms with E-state index in [2.05, 4.69) is 5.32 Å². The first-order valence-electron chi connectivity index (χ1n) is 6.76. The van der Waals surface area contributed by atoms with Crippen molar-refractivity contribution in [2.45, 2.75) is 44.6 Å². The fraction of sp³-hybridized carbons (Fsp3) is 0.643. The molecule has 1 fully saturated rings. The molecule has 100 valence electrons. The van der Waals surface area contributed by atoms with Gasteiger partial charge in [0.25, 0.3) is 0 Å². The zero-order valence-corrected chi connectivity index (χ0v) is 11.7. The minimum Gasteiger partial charge on any atom is -0.352 e. The van der Waals surface area contributed by atoms with E-state index in [1.165, 1.54) is 12.8 Å². The van der Waals surface area contributed by atoms with E-state index in [0.29, 0.717) is 12.5 Å². The Morgan fingerprint density at radius 2 is 2.33 bits per heavy atom. The monoisotopic (exact) mass is 266 g/mol. The van der Waals surface area contributed by atoms with Crippen LogP contribution in [0.3, 0.4) is 0 Å². The van der Waals surface area contributed by atoms with Crippen molar-refractivity contribution < 1.29 is 4.79 Å². The zero-order chi connectivity index (χ0) is 13.0. The second-order valence-electron chi connectivity index (χ2n) is 5.13. The highest BCUT2D eigenvalue weighted by atomic mass is 32.1. The molecule has 1 aromatic heterocycles. The van der Waals surface area contributed by atoms with Crippen LogP contribution in [0.4, 0.5) is 0 Å². The van der Waals surface area contributed by atoms with Gasteiger partial charge >= 0.3 is 0 Å². The summed E-state index contributed by atoms with van der Waals surface area (Å²) in [4.78, 5) is 13.4. The first kappa shape index (κ1) is 13.6. The molecule has 0 radical (unpaired) electrons. The molecule has 0 saturated heterocycles. The average molecular weight is 266 g/mol. The van der Waals surface area contributed by atoms with Crippen LogP contribution in [0.1, 0.15) is 43.4 Å². The molecular formula is C14H22N2OS. The van der Waals surface area contributed by atoms with Gasteiger partial charge in [0.2, 0.25) is 5.91 Å². The lowest BCUT2D eigenvalue weighted by atomic mass is 9.84. The zero-order valence-electron chi connectivity index (χ0n) is 10.9. The Balaban J connectivity index is 1.93. The number of nitrogens with two attached hydrogens (primary N) is 1. The van der Waals surface area contributed by atoms with E-state index < -0.39 is 0 Å². The summed E-state index contributed by atoms with van der Waals surface area (Å²) in [6, 6.07) is 4.29. The molecule has 1 heterocycles. The Labute approximate surface area is 113 Å². The third kappa shape index (κ3) is 3.12. The minimum atomic E-state index is -0.0506. The van der Waals surface area contributed by atoms with E-state index in [0.717, 1.165) is 17.7 Å². The highest BCUT2D eigenvalue weighted by Crippen LogP contribution is 2.25. The fourth-order valence-corrected chi connectivity index (χ4v) is 3.44. The lowest BCUT2D eigenvalue weighted by Gasteiger charge is -2.32. The van der Waals surface area contributed by atoms with E-state index in [1.54, 1.807) is 11.3 Å². The molecule has 3 N–H and O–H groups in total. The van der Waals surface area contributed by atoms with Crippen LogP contribution in [0.25, 0.3) is 0 Å². The highest BCUT2D eigenvalue weighted by Gasteiger charge is 2.27. The summed E-state index contributed by atoms with van der Waals surface area (Å²) >= 11 is 1.64. The molecule has 1 saturated carbocycles. The van der Waals surface area contributed by atoms with Crippen LogP contribution in [0, 0.1) is 5.92 Å². The van der Waals surface area contributed by atoms with Crippen molar-refractivity contribution in [3.63, 3.8) is 0 Å². The molecular weight excluding hydrogens is 244 g/mol. The molecule has 0 spiro atoms. The van der Waals surface area contributed by atoms with Gasteiger partial charge in [-0.05, 0) is 43.7 Å². The number of hydrogen-bond donors (Lipinski definition) is 2. The summed E-state index contributed by atoms with van der Waals surface area (Å²) < 4.78 is 0. The quantitative estimate of drug-likeness (QED) is 0.879. The van der Waals surface area contributed by atoms with Crippen LogP contribution < -0.4 is 11.1 Å². The number of carbonyl (C=O) groups excluding carboxylic acids is 1. The highest BCUT2D eigenvalue weighted by molar-refractivity contribution is 7.10. The predicted octanol–water partition coefficient (Wildman–Crippen LogP) is 2.49. The van der Waals surface area contributed by atoms with Gasteiger partial charge in [0, 0.05) is 10.9 Å². The van der Waals surface area contributed by atoms with Crippen LogP contribution in [-0.4, -0.2) is 18.5 Å². The first-order valence-corrected chi connectivity index (χ1v) is 7.64. The van der Waals surface area contributed by atoms with Crippen molar-refractivity contribution in [1.29, 1.82) is 0 Å². The Hall–Kier alpha value is -0.870. The Bertz CT molecular complexity index is 377. The van der Waals surface area contributed by atoms with Crippen LogP contribution in [0.15, 0.2) is 17.5 Å². The number of rotatable bonds is 4. The molecule has 1 aliphatic carbocycles. The maximum absolute atomic E-state index is 12.2. The van der Waals surface area contributed by atoms with Crippen LogP contribution in [-0.2, 0) is 4.79 Å². The van der Waals surface area contributed by atoms with Gasteiger partial charge in [-0.25, -0.2) is 0 Å². The summed E-state index contributed by atoms with van der Waals surface area (Å²) in [6.45, 7) is 2.65. The molecule has 4 heteroatoms. The van der Waals surface area contributed by atoms with Gasteiger partial charge in [-0.1, -0.05) is 18.9 Å². The average Bonchev–Trinajstić information content (AvgIpc) is 2.92. The summed E-state index contributed by atoms with van der Waals surface area (Å²) in [5.41, 5.74) is 5.79. The van der Waals surface area contributed by atoms with E-state index in [9.17, 15) is 4.79 Å². The lowest BCUT2D eigenvalue weighted by molar-refractivity contribution is -0.123. The Morgan fingerprint density at radius 1 is 1.56 bits per heavy atom. The SMILES string of the molecule is CC(C(=O)NC1CCCCC1CN)c1cccs1. The molecule has 0 aromatic carbocycles. The van der Waals surface area contributed by atoms with Gasteiger partial charge in [-0.15, -0.1) is 11.3 Å². The third-order valence-electron chi connectivity index (χ3n) is 3.90. The summed E-state index contributed by atoms with van der Waals surface area (Å²) in [6.07, 6.45) is 4.67. The van der Waals surface area contributed by atoms with Crippen molar-refractivity contribution in [2.75, 3.05) is 6.54 Å². The normalized spacial score (nSPS) is 25.7. The standard InChI is InChI=1S/C14H22N2OS/c1-10(13-7-4-8-18-13)14(17)16-12-6-3-2-5-11(12)9-15/h4,7-8,10-12H,2-3,5-6,9,15H2,1H3,(H,16,17). The van der Waals surface area contributed by atoms with Crippen molar-refractivity contribution in [2.24, 2.45) is 11.7 Å². The Morgan fingerprint density at radius 3 is 3.00 bits per heavy atom.